The van der Waals surface area contributed by atoms with Gasteiger partial charge in [-0.05, 0) is 43.8 Å². The number of halogens is 3. The maximum Gasteiger partial charge on any atom is 0.416 e. The molecule has 0 atom stereocenters. The number of hydrogen-bond acceptors (Lipinski definition) is 1. The first-order chi connectivity index (χ1) is 10.1. The molecule has 0 unspecified atom stereocenters. The van der Waals surface area contributed by atoms with E-state index in [0.29, 0.717) is 12.5 Å². The highest BCUT2D eigenvalue weighted by Crippen LogP contribution is 2.29. The molecule has 0 spiro atoms. The van der Waals surface area contributed by atoms with Gasteiger partial charge in [-0.2, -0.15) is 13.2 Å². The summed E-state index contributed by atoms with van der Waals surface area (Å²) in [6.07, 6.45) is 11.6. The molecular weight excluding hydrogens is 277 g/mol. The van der Waals surface area contributed by atoms with Gasteiger partial charge in [-0.15, -0.1) is 0 Å². The lowest BCUT2D eigenvalue weighted by molar-refractivity contribution is -0.0886. The van der Waals surface area contributed by atoms with Gasteiger partial charge in [-0.1, -0.05) is 37.1 Å². The van der Waals surface area contributed by atoms with Gasteiger partial charge >= 0.3 is 6.18 Å². The fraction of sp³-hybridized carbons (Fsp3) is 0.529. The lowest BCUT2D eigenvalue weighted by Crippen LogP contribution is -2.10. The van der Waals surface area contributed by atoms with Gasteiger partial charge in [0.2, 0.25) is 0 Å². The third kappa shape index (κ3) is 5.44. The summed E-state index contributed by atoms with van der Waals surface area (Å²) in [5, 5.41) is 0. The van der Waals surface area contributed by atoms with E-state index in [1.165, 1.54) is 31.8 Å². The Balaban J connectivity index is 1.78. The molecule has 0 heterocycles. The number of alkyl halides is 3. The molecule has 0 saturated heterocycles. The van der Waals surface area contributed by atoms with E-state index in [9.17, 15) is 13.2 Å². The average Bonchev–Trinajstić information content (AvgIpc) is 2.81. The molecule has 0 N–H and O–H groups in total. The van der Waals surface area contributed by atoms with Gasteiger partial charge < -0.3 is 4.74 Å². The highest BCUT2D eigenvalue weighted by Gasteiger charge is 2.32. The Labute approximate surface area is 123 Å². The van der Waals surface area contributed by atoms with E-state index < -0.39 is 11.7 Å². The molecule has 1 saturated carbocycles. The van der Waals surface area contributed by atoms with Gasteiger partial charge in [0.1, 0.15) is 5.76 Å². The van der Waals surface area contributed by atoms with Gasteiger partial charge in [0.25, 0.3) is 0 Å². The zero-order valence-corrected chi connectivity index (χ0v) is 12.0. The molecular formula is C17H21F3O. The van der Waals surface area contributed by atoms with Crippen LogP contribution in [0.1, 0.15) is 38.5 Å². The molecule has 2 aliphatic carbocycles. The SMILES string of the molecule is FC(F)(F)C1=CCC=CC(OCC/C=C/C2CCCC2)=C1. The van der Waals surface area contributed by atoms with Gasteiger partial charge in [0.15, 0.2) is 0 Å². The Bertz CT molecular complexity index is 449. The average molecular weight is 298 g/mol. The maximum atomic E-state index is 12.7. The Morgan fingerprint density at radius 3 is 2.71 bits per heavy atom. The van der Waals surface area contributed by atoms with Crippen LogP contribution in [0, 0.1) is 5.92 Å². The van der Waals surface area contributed by atoms with Crippen molar-refractivity contribution >= 4 is 0 Å². The van der Waals surface area contributed by atoms with Gasteiger partial charge in [-0.25, -0.2) is 0 Å². The molecule has 2 rings (SSSR count). The summed E-state index contributed by atoms with van der Waals surface area (Å²) in [6.45, 7) is 0.407. The quantitative estimate of drug-likeness (QED) is 0.483. The van der Waals surface area contributed by atoms with Crippen molar-refractivity contribution in [2.24, 2.45) is 5.92 Å². The smallest absolute Gasteiger partial charge is 0.416 e. The minimum Gasteiger partial charge on any atom is -0.493 e. The fourth-order valence-corrected chi connectivity index (χ4v) is 2.61. The molecule has 0 bridgehead atoms. The van der Waals surface area contributed by atoms with Crippen molar-refractivity contribution in [3.05, 3.63) is 47.8 Å². The van der Waals surface area contributed by atoms with E-state index in [-0.39, 0.29) is 12.2 Å². The summed E-state index contributed by atoms with van der Waals surface area (Å²) >= 11 is 0. The number of ether oxygens (including phenoxy) is 1. The Kier molecular flexibility index (Phi) is 5.71. The van der Waals surface area contributed by atoms with E-state index in [4.69, 9.17) is 4.74 Å². The molecule has 0 aromatic rings. The molecule has 1 fully saturated rings. The maximum absolute atomic E-state index is 12.7. The van der Waals surface area contributed by atoms with Crippen molar-refractivity contribution in [2.45, 2.75) is 44.7 Å². The van der Waals surface area contributed by atoms with Crippen LogP contribution in [0.2, 0.25) is 0 Å². The highest BCUT2D eigenvalue weighted by molar-refractivity contribution is 5.33. The van der Waals surface area contributed by atoms with Crippen LogP contribution in [-0.4, -0.2) is 12.8 Å². The summed E-state index contributed by atoms with van der Waals surface area (Å²) < 4.78 is 43.5. The van der Waals surface area contributed by atoms with Crippen LogP contribution in [0.4, 0.5) is 13.2 Å². The van der Waals surface area contributed by atoms with Crippen LogP contribution in [0.25, 0.3) is 0 Å². The predicted octanol–water partition coefficient (Wildman–Crippen LogP) is 5.47. The van der Waals surface area contributed by atoms with Crippen LogP contribution in [0.15, 0.2) is 47.8 Å². The van der Waals surface area contributed by atoms with Crippen LogP contribution < -0.4 is 0 Å². The standard InChI is InChI=1S/C17H21F3O/c18-17(19,20)15-10-3-4-11-16(13-15)21-12-6-5-9-14-7-1-2-8-14/h4-5,9-11,13-14H,1-3,6-8,12H2/b9-5+. The largest absolute Gasteiger partial charge is 0.493 e. The lowest BCUT2D eigenvalue weighted by Gasteiger charge is -2.09. The summed E-state index contributed by atoms with van der Waals surface area (Å²) in [6, 6.07) is 0. The lowest BCUT2D eigenvalue weighted by atomic mass is 10.1. The predicted molar refractivity (Wildman–Crippen MR) is 77.6 cm³/mol. The van der Waals surface area contributed by atoms with Crippen LogP contribution in [-0.2, 0) is 4.74 Å². The second-order valence-electron chi connectivity index (χ2n) is 5.45. The second kappa shape index (κ2) is 7.53. The van der Waals surface area contributed by atoms with Crippen LogP contribution in [0.3, 0.4) is 0 Å². The first kappa shape index (κ1) is 15.9. The minimum atomic E-state index is -4.32. The summed E-state index contributed by atoms with van der Waals surface area (Å²) in [5.74, 6) is 0.965. The number of rotatable bonds is 5. The van der Waals surface area contributed by atoms with E-state index in [1.807, 2.05) is 0 Å². The number of hydrogen-bond donors (Lipinski definition) is 0. The first-order valence-corrected chi connectivity index (χ1v) is 7.51. The third-order valence-corrected chi connectivity index (χ3v) is 3.74. The molecule has 2 aliphatic rings. The van der Waals surface area contributed by atoms with E-state index >= 15 is 0 Å². The highest BCUT2D eigenvalue weighted by atomic mass is 19.4. The molecule has 116 valence electrons. The normalized spacial score (nSPS) is 20.5. The summed E-state index contributed by atoms with van der Waals surface area (Å²) in [4.78, 5) is 0. The number of allylic oxidation sites excluding steroid dienone is 6. The molecule has 0 aromatic heterocycles. The van der Waals surface area contributed by atoms with Crippen LogP contribution >= 0.6 is 0 Å². The fourth-order valence-electron chi connectivity index (χ4n) is 2.61. The van der Waals surface area contributed by atoms with Gasteiger partial charge in [-0.3, -0.25) is 0 Å². The van der Waals surface area contributed by atoms with Crippen molar-refractivity contribution in [3.8, 4) is 0 Å². The van der Waals surface area contributed by atoms with Crippen molar-refractivity contribution in [2.75, 3.05) is 6.61 Å². The zero-order chi connectivity index (χ0) is 15.1. The molecule has 0 aliphatic heterocycles. The zero-order valence-electron chi connectivity index (χ0n) is 12.0. The first-order valence-electron chi connectivity index (χ1n) is 7.51. The Morgan fingerprint density at radius 2 is 2.00 bits per heavy atom. The summed E-state index contributed by atoms with van der Waals surface area (Å²) in [5.41, 5.74) is -0.635. The van der Waals surface area contributed by atoms with E-state index in [1.54, 1.807) is 12.2 Å². The van der Waals surface area contributed by atoms with Crippen molar-refractivity contribution in [1.82, 2.24) is 0 Å². The van der Waals surface area contributed by atoms with Gasteiger partial charge in [0, 0.05) is 0 Å². The summed E-state index contributed by atoms with van der Waals surface area (Å²) in [7, 11) is 0. The van der Waals surface area contributed by atoms with E-state index in [0.717, 1.165) is 12.5 Å². The minimum absolute atomic E-state index is 0.278. The second-order valence-corrected chi connectivity index (χ2v) is 5.45. The molecule has 0 radical (unpaired) electrons. The molecule has 4 heteroatoms. The van der Waals surface area contributed by atoms with Crippen molar-refractivity contribution in [3.63, 3.8) is 0 Å². The molecule has 1 nitrogen and oxygen atoms in total. The van der Waals surface area contributed by atoms with Crippen molar-refractivity contribution < 1.29 is 17.9 Å². The Hall–Kier alpha value is -1.45. The van der Waals surface area contributed by atoms with Gasteiger partial charge in [0.05, 0.1) is 12.2 Å². The molecule has 0 aromatic carbocycles. The topological polar surface area (TPSA) is 9.23 Å². The van der Waals surface area contributed by atoms with Crippen molar-refractivity contribution in [1.29, 1.82) is 0 Å². The third-order valence-electron chi connectivity index (χ3n) is 3.74. The van der Waals surface area contributed by atoms with Crippen LogP contribution in [0.5, 0.6) is 0 Å². The molecule has 0 amide bonds. The molecule has 21 heavy (non-hydrogen) atoms. The Morgan fingerprint density at radius 1 is 1.24 bits per heavy atom. The monoisotopic (exact) mass is 298 g/mol. The van der Waals surface area contributed by atoms with E-state index in [2.05, 4.69) is 12.2 Å².